The maximum absolute atomic E-state index is 12.4. The number of benzene rings is 2. The lowest BCUT2D eigenvalue weighted by molar-refractivity contribution is 0.0937. The van der Waals surface area contributed by atoms with Crippen molar-refractivity contribution < 1.29 is 14.3 Å². The second kappa shape index (κ2) is 7.18. The first-order valence-corrected chi connectivity index (χ1v) is 7.22. The summed E-state index contributed by atoms with van der Waals surface area (Å²) in [4.78, 5) is 12.4. The van der Waals surface area contributed by atoms with Gasteiger partial charge in [0.05, 0.1) is 25.8 Å². The molecule has 0 fully saturated rings. The van der Waals surface area contributed by atoms with Gasteiger partial charge in [-0.15, -0.1) is 0 Å². The molecule has 1 amide bonds. The van der Waals surface area contributed by atoms with E-state index in [0.717, 1.165) is 5.56 Å². The van der Waals surface area contributed by atoms with Crippen LogP contribution in [0, 0.1) is 0 Å². The standard InChI is InChI=1S/C17H18ClNO3/c1-11(13-6-4-5-7-15(13)18)19-17(20)14-9-8-12(21-2)10-16(14)22-3/h4-11H,1-3H3,(H,19,20)/t11-/m0/s1. The van der Waals surface area contributed by atoms with E-state index in [1.54, 1.807) is 31.4 Å². The van der Waals surface area contributed by atoms with Crippen LogP contribution in [0.2, 0.25) is 5.02 Å². The van der Waals surface area contributed by atoms with E-state index < -0.39 is 0 Å². The lowest BCUT2D eigenvalue weighted by Crippen LogP contribution is -2.27. The molecule has 0 unspecified atom stereocenters. The smallest absolute Gasteiger partial charge is 0.255 e. The van der Waals surface area contributed by atoms with E-state index in [1.165, 1.54) is 7.11 Å². The minimum absolute atomic E-state index is 0.215. The molecule has 2 aromatic rings. The number of amides is 1. The van der Waals surface area contributed by atoms with E-state index in [0.29, 0.717) is 22.1 Å². The van der Waals surface area contributed by atoms with Gasteiger partial charge in [-0.05, 0) is 30.7 Å². The SMILES string of the molecule is COc1ccc(C(=O)N[C@@H](C)c2ccccc2Cl)c(OC)c1. The predicted octanol–water partition coefficient (Wildman–Crippen LogP) is 3.85. The van der Waals surface area contributed by atoms with E-state index >= 15 is 0 Å². The Kier molecular flexibility index (Phi) is 5.28. The van der Waals surface area contributed by atoms with Gasteiger partial charge in [0.25, 0.3) is 5.91 Å². The Hall–Kier alpha value is -2.20. The first-order valence-electron chi connectivity index (χ1n) is 6.84. The van der Waals surface area contributed by atoms with Crippen LogP contribution in [-0.4, -0.2) is 20.1 Å². The van der Waals surface area contributed by atoms with Gasteiger partial charge >= 0.3 is 0 Å². The Labute approximate surface area is 135 Å². The third kappa shape index (κ3) is 3.52. The van der Waals surface area contributed by atoms with Gasteiger partial charge in [0.1, 0.15) is 11.5 Å². The molecule has 0 spiro atoms. The van der Waals surface area contributed by atoms with Crippen molar-refractivity contribution in [2.75, 3.05) is 14.2 Å². The van der Waals surface area contributed by atoms with Crippen molar-refractivity contribution in [3.63, 3.8) is 0 Å². The van der Waals surface area contributed by atoms with Gasteiger partial charge in [-0.1, -0.05) is 29.8 Å². The fraction of sp³-hybridized carbons (Fsp3) is 0.235. The highest BCUT2D eigenvalue weighted by atomic mass is 35.5. The molecule has 0 radical (unpaired) electrons. The number of rotatable bonds is 5. The molecule has 0 aliphatic carbocycles. The monoisotopic (exact) mass is 319 g/mol. The molecule has 22 heavy (non-hydrogen) atoms. The van der Waals surface area contributed by atoms with Gasteiger partial charge in [-0.3, -0.25) is 4.79 Å². The molecule has 5 heteroatoms. The summed E-state index contributed by atoms with van der Waals surface area (Å²) in [6, 6.07) is 12.3. The Balaban J connectivity index is 2.20. The van der Waals surface area contributed by atoms with Crippen LogP contribution in [0.3, 0.4) is 0 Å². The van der Waals surface area contributed by atoms with Gasteiger partial charge in [-0.25, -0.2) is 0 Å². The molecule has 116 valence electrons. The van der Waals surface area contributed by atoms with Gasteiger partial charge in [0, 0.05) is 11.1 Å². The zero-order chi connectivity index (χ0) is 16.1. The second-order valence-electron chi connectivity index (χ2n) is 4.78. The van der Waals surface area contributed by atoms with Crippen LogP contribution >= 0.6 is 11.6 Å². The van der Waals surface area contributed by atoms with Gasteiger partial charge in [0.2, 0.25) is 0 Å². The summed E-state index contributed by atoms with van der Waals surface area (Å²) in [5, 5.41) is 3.54. The molecular weight excluding hydrogens is 302 g/mol. The minimum Gasteiger partial charge on any atom is -0.497 e. The number of hydrogen-bond acceptors (Lipinski definition) is 3. The maximum Gasteiger partial charge on any atom is 0.255 e. The summed E-state index contributed by atoms with van der Waals surface area (Å²) in [6.45, 7) is 1.88. The molecule has 0 aliphatic rings. The summed E-state index contributed by atoms with van der Waals surface area (Å²) in [7, 11) is 3.08. The number of carbonyl (C=O) groups excluding carboxylic acids is 1. The Morgan fingerprint density at radius 3 is 2.50 bits per heavy atom. The summed E-state index contributed by atoms with van der Waals surface area (Å²) >= 11 is 6.15. The van der Waals surface area contributed by atoms with Crippen LogP contribution in [-0.2, 0) is 0 Å². The van der Waals surface area contributed by atoms with Crippen LogP contribution in [0.15, 0.2) is 42.5 Å². The number of ether oxygens (including phenoxy) is 2. The molecule has 0 bridgehead atoms. The third-order valence-corrected chi connectivity index (χ3v) is 3.72. The van der Waals surface area contributed by atoms with E-state index in [4.69, 9.17) is 21.1 Å². The maximum atomic E-state index is 12.4. The molecule has 0 saturated carbocycles. The Morgan fingerprint density at radius 1 is 1.14 bits per heavy atom. The summed E-state index contributed by atoms with van der Waals surface area (Å²) in [6.07, 6.45) is 0. The van der Waals surface area contributed by atoms with Crippen LogP contribution in [0.5, 0.6) is 11.5 Å². The molecule has 2 aromatic carbocycles. The molecule has 4 nitrogen and oxygen atoms in total. The summed E-state index contributed by atoms with van der Waals surface area (Å²) < 4.78 is 10.4. The average Bonchev–Trinajstić information content (AvgIpc) is 2.54. The molecule has 0 aliphatic heterocycles. The zero-order valence-corrected chi connectivity index (χ0v) is 13.5. The van der Waals surface area contributed by atoms with E-state index in [1.807, 2.05) is 25.1 Å². The van der Waals surface area contributed by atoms with Crippen molar-refractivity contribution in [3.05, 3.63) is 58.6 Å². The fourth-order valence-electron chi connectivity index (χ4n) is 2.16. The van der Waals surface area contributed by atoms with Crippen LogP contribution in [0.4, 0.5) is 0 Å². The number of halogens is 1. The molecule has 2 rings (SSSR count). The molecule has 0 aromatic heterocycles. The van der Waals surface area contributed by atoms with Crippen molar-refractivity contribution >= 4 is 17.5 Å². The number of hydrogen-bond donors (Lipinski definition) is 1. The Bertz CT molecular complexity index is 673. The molecule has 0 saturated heterocycles. The average molecular weight is 320 g/mol. The van der Waals surface area contributed by atoms with Crippen molar-refractivity contribution in [1.29, 1.82) is 0 Å². The first kappa shape index (κ1) is 16.2. The van der Waals surface area contributed by atoms with Gasteiger partial charge < -0.3 is 14.8 Å². The van der Waals surface area contributed by atoms with Gasteiger partial charge in [0.15, 0.2) is 0 Å². The van der Waals surface area contributed by atoms with Crippen LogP contribution in [0.25, 0.3) is 0 Å². The highest BCUT2D eigenvalue weighted by Gasteiger charge is 2.17. The Morgan fingerprint density at radius 2 is 1.86 bits per heavy atom. The highest BCUT2D eigenvalue weighted by Crippen LogP contribution is 2.26. The highest BCUT2D eigenvalue weighted by molar-refractivity contribution is 6.31. The lowest BCUT2D eigenvalue weighted by Gasteiger charge is -2.17. The molecule has 1 N–H and O–H groups in total. The first-order chi connectivity index (χ1) is 10.6. The quantitative estimate of drug-likeness (QED) is 0.910. The second-order valence-corrected chi connectivity index (χ2v) is 5.19. The van der Waals surface area contributed by atoms with E-state index in [-0.39, 0.29) is 11.9 Å². The number of methoxy groups -OCH3 is 2. The topological polar surface area (TPSA) is 47.6 Å². The molecule has 0 heterocycles. The molecule has 1 atom stereocenters. The lowest BCUT2D eigenvalue weighted by atomic mass is 10.1. The van der Waals surface area contributed by atoms with E-state index in [2.05, 4.69) is 5.32 Å². The van der Waals surface area contributed by atoms with E-state index in [9.17, 15) is 4.79 Å². The zero-order valence-electron chi connectivity index (χ0n) is 12.7. The van der Waals surface area contributed by atoms with Crippen molar-refractivity contribution in [2.45, 2.75) is 13.0 Å². The van der Waals surface area contributed by atoms with Crippen molar-refractivity contribution in [1.82, 2.24) is 5.32 Å². The third-order valence-electron chi connectivity index (χ3n) is 3.37. The minimum atomic E-state index is -0.230. The summed E-state index contributed by atoms with van der Waals surface area (Å²) in [5.74, 6) is 0.864. The van der Waals surface area contributed by atoms with Crippen LogP contribution in [0.1, 0.15) is 28.9 Å². The molecular formula is C17H18ClNO3. The normalized spacial score (nSPS) is 11.6. The fourth-order valence-corrected chi connectivity index (χ4v) is 2.46. The van der Waals surface area contributed by atoms with Crippen molar-refractivity contribution in [2.24, 2.45) is 0 Å². The predicted molar refractivity (Wildman–Crippen MR) is 86.9 cm³/mol. The van der Waals surface area contributed by atoms with Gasteiger partial charge in [-0.2, -0.15) is 0 Å². The van der Waals surface area contributed by atoms with Crippen LogP contribution < -0.4 is 14.8 Å². The number of carbonyl (C=O) groups is 1. The van der Waals surface area contributed by atoms with Crippen molar-refractivity contribution in [3.8, 4) is 11.5 Å². The number of nitrogens with one attached hydrogen (secondary N) is 1. The largest absolute Gasteiger partial charge is 0.497 e. The summed E-state index contributed by atoms with van der Waals surface area (Å²) in [5.41, 5.74) is 1.31.